The van der Waals surface area contributed by atoms with Gasteiger partial charge in [0.2, 0.25) is 11.8 Å². The fourth-order valence-electron chi connectivity index (χ4n) is 3.00. The summed E-state index contributed by atoms with van der Waals surface area (Å²) in [6, 6.07) is 5.59. The Morgan fingerprint density at radius 3 is 2.79 bits per heavy atom. The minimum absolute atomic E-state index is 0.0865. The number of rotatable bonds is 6. The number of hydrogen-bond donors (Lipinski definition) is 3. The predicted molar refractivity (Wildman–Crippen MR) is 111 cm³/mol. The van der Waals surface area contributed by atoms with Crippen molar-refractivity contribution in [3.8, 4) is 0 Å². The summed E-state index contributed by atoms with van der Waals surface area (Å²) in [5.74, 6) is -0.591. The van der Waals surface area contributed by atoms with Gasteiger partial charge in [0.15, 0.2) is 5.16 Å². The molecule has 0 saturated heterocycles. The highest BCUT2D eigenvalue weighted by molar-refractivity contribution is 7.99. The minimum atomic E-state index is -0.878. The van der Waals surface area contributed by atoms with Crippen LogP contribution in [-0.2, 0) is 9.59 Å². The first-order valence-corrected chi connectivity index (χ1v) is 10.3. The molecule has 0 spiro atoms. The smallest absolute Gasteiger partial charge is 0.257 e. The molecule has 1 aliphatic rings. The second kappa shape index (κ2) is 8.60. The van der Waals surface area contributed by atoms with Crippen molar-refractivity contribution < 1.29 is 9.59 Å². The molecule has 2 amide bonds. The maximum atomic E-state index is 12.8. The van der Waals surface area contributed by atoms with Crippen molar-refractivity contribution in [3.05, 3.63) is 45.2 Å². The molecular weight excluding hydrogens is 376 g/mol. The van der Waals surface area contributed by atoms with Crippen LogP contribution in [0.2, 0.25) is 0 Å². The van der Waals surface area contributed by atoms with Crippen molar-refractivity contribution in [1.82, 2.24) is 9.97 Å². The number of carbonyl (C=O) groups is 2. The standard InChI is InChI=1S/C20H24N4O3S/c1-4-5-8-28-20-23-17-16(19(27)24-20)14(10-15(25)22-17)18(26)21-13-7-6-11(2)12(3)9-13/h6-7,9,14H,4-5,8,10H2,1-3H3,(H,21,26)(H2,22,23,24,25,27)/t14-/m0/s1. The summed E-state index contributed by atoms with van der Waals surface area (Å²) >= 11 is 1.43. The number of unbranched alkanes of at least 4 members (excludes halogenated alkanes) is 1. The Hall–Kier alpha value is -2.61. The molecule has 0 unspecified atom stereocenters. The lowest BCUT2D eigenvalue weighted by atomic mass is 9.92. The predicted octanol–water partition coefficient (Wildman–Crippen LogP) is 3.34. The molecule has 0 bridgehead atoms. The zero-order valence-corrected chi connectivity index (χ0v) is 17.0. The number of aromatic nitrogens is 2. The van der Waals surface area contributed by atoms with E-state index in [1.54, 1.807) is 6.07 Å². The number of amides is 2. The van der Waals surface area contributed by atoms with E-state index in [1.807, 2.05) is 26.0 Å². The van der Waals surface area contributed by atoms with Crippen LogP contribution in [0.5, 0.6) is 0 Å². The minimum Gasteiger partial charge on any atom is -0.326 e. The number of hydrogen-bond acceptors (Lipinski definition) is 5. The summed E-state index contributed by atoms with van der Waals surface area (Å²) in [5.41, 5.74) is 2.63. The molecule has 2 heterocycles. The van der Waals surface area contributed by atoms with E-state index in [1.165, 1.54) is 11.8 Å². The van der Waals surface area contributed by atoms with Gasteiger partial charge in [-0.15, -0.1) is 0 Å². The monoisotopic (exact) mass is 400 g/mol. The number of aryl methyl sites for hydroxylation is 2. The van der Waals surface area contributed by atoms with Gasteiger partial charge in [-0.2, -0.15) is 0 Å². The molecule has 2 aromatic rings. The SMILES string of the molecule is CCCCSc1nc2c(c(=O)[nH]1)[C@@H](C(=O)Nc1ccc(C)c(C)c1)CC(=O)N2. The van der Waals surface area contributed by atoms with Crippen molar-refractivity contribution in [1.29, 1.82) is 0 Å². The van der Waals surface area contributed by atoms with Gasteiger partial charge in [-0.25, -0.2) is 4.98 Å². The molecule has 0 radical (unpaired) electrons. The highest BCUT2D eigenvalue weighted by atomic mass is 32.2. The van der Waals surface area contributed by atoms with E-state index in [9.17, 15) is 14.4 Å². The van der Waals surface area contributed by atoms with Crippen LogP contribution in [0.1, 0.15) is 48.8 Å². The third-order valence-corrected chi connectivity index (χ3v) is 5.72. The topological polar surface area (TPSA) is 104 Å². The lowest BCUT2D eigenvalue weighted by Gasteiger charge is -2.23. The summed E-state index contributed by atoms with van der Waals surface area (Å²) in [6.45, 7) is 6.03. The van der Waals surface area contributed by atoms with Crippen LogP contribution in [0.15, 0.2) is 28.2 Å². The van der Waals surface area contributed by atoms with Gasteiger partial charge in [0.05, 0.1) is 11.5 Å². The second-order valence-electron chi connectivity index (χ2n) is 6.93. The fourth-order valence-corrected chi connectivity index (χ4v) is 3.95. The Kier molecular flexibility index (Phi) is 6.18. The van der Waals surface area contributed by atoms with Gasteiger partial charge >= 0.3 is 0 Å². The molecular formula is C20H24N4O3S. The number of aromatic amines is 1. The lowest BCUT2D eigenvalue weighted by Crippen LogP contribution is -2.36. The second-order valence-corrected chi connectivity index (χ2v) is 8.01. The van der Waals surface area contributed by atoms with Crippen molar-refractivity contribution in [2.24, 2.45) is 0 Å². The van der Waals surface area contributed by atoms with E-state index in [4.69, 9.17) is 0 Å². The number of carbonyl (C=O) groups excluding carboxylic acids is 2. The Labute approximate surface area is 167 Å². The largest absolute Gasteiger partial charge is 0.326 e. The molecule has 1 aromatic carbocycles. The number of fused-ring (bicyclic) bond motifs is 1. The highest BCUT2D eigenvalue weighted by Gasteiger charge is 2.34. The summed E-state index contributed by atoms with van der Waals surface area (Å²) in [6.07, 6.45) is 1.95. The molecule has 7 nitrogen and oxygen atoms in total. The number of thioether (sulfide) groups is 1. The van der Waals surface area contributed by atoms with Crippen molar-refractivity contribution in [2.45, 2.75) is 51.1 Å². The average molecular weight is 401 g/mol. The molecule has 8 heteroatoms. The lowest BCUT2D eigenvalue weighted by molar-refractivity contribution is -0.123. The van der Waals surface area contributed by atoms with E-state index >= 15 is 0 Å². The number of H-pyrrole nitrogens is 1. The van der Waals surface area contributed by atoms with Crippen LogP contribution in [0, 0.1) is 13.8 Å². The molecule has 1 aliphatic heterocycles. The van der Waals surface area contributed by atoms with E-state index in [-0.39, 0.29) is 29.3 Å². The first-order valence-electron chi connectivity index (χ1n) is 9.34. The Balaban J connectivity index is 1.87. The van der Waals surface area contributed by atoms with Gasteiger partial charge in [-0.1, -0.05) is 31.2 Å². The first-order chi connectivity index (χ1) is 13.4. The van der Waals surface area contributed by atoms with E-state index in [0.29, 0.717) is 10.8 Å². The van der Waals surface area contributed by atoms with Crippen LogP contribution >= 0.6 is 11.8 Å². The van der Waals surface area contributed by atoms with Gasteiger partial charge in [-0.3, -0.25) is 14.4 Å². The Bertz CT molecular complexity index is 970. The Morgan fingerprint density at radius 1 is 1.29 bits per heavy atom. The first kappa shape index (κ1) is 20.1. The molecule has 0 fully saturated rings. The van der Waals surface area contributed by atoms with E-state index < -0.39 is 11.8 Å². The van der Waals surface area contributed by atoms with Crippen LogP contribution in [-0.4, -0.2) is 27.5 Å². The number of nitrogens with zero attached hydrogens (tertiary/aromatic N) is 1. The van der Waals surface area contributed by atoms with Crippen LogP contribution in [0.25, 0.3) is 0 Å². The fraction of sp³-hybridized carbons (Fsp3) is 0.400. The third kappa shape index (κ3) is 4.44. The third-order valence-electron chi connectivity index (χ3n) is 4.76. The van der Waals surface area contributed by atoms with E-state index in [0.717, 1.165) is 29.7 Å². The average Bonchev–Trinajstić information content (AvgIpc) is 2.64. The maximum absolute atomic E-state index is 12.8. The number of anilines is 2. The summed E-state index contributed by atoms with van der Waals surface area (Å²) in [4.78, 5) is 44.7. The number of nitrogens with one attached hydrogen (secondary N) is 3. The van der Waals surface area contributed by atoms with E-state index in [2.05, 4.69) is 27.5 Å². The highest BCUT2D eigenvalue weighted by Crippen LogP contribution is 2.30. The zero-order valence-electron chi connectivity index (χ0n) is 16.2. The van der Waals surface area contributed by atoms with Gasteiger partial charge < -0.3 is 15.6 Å². The van der Waals surface area contributed by atoms with Crippen molar-refractivity contribution in [3.63, 3.8) is 0 Å². The van der Waals surface area contributed by atoms with Gasteiger partial charge in [0, 0.05) is 17.9 Å². The van der Waals surface area contributed by atoms with Gasteiger partial charge in [0.1, 0.15) is 5.82 Å². The zero-order chi connectivity index (χ0) is 20.3. The molecule has 3 rings (SSSR count). The molecule has 1 atom stereocenters. The number of benzene rings is 1. The molecule has 148 valence electrons. The van der Waals surface area contributed by atoms with Crippen molar-refractivity contribution >= 4 is 35.1 Å². The quantitative estimate of drug-likeness (QED) is 0.392. The molecule has 1 aromatic heterocycles. The van der Waals surface area contributed by atoms with Crippen LogP contribution in [0.4, 0.5) is 11.5 Å². The normalized spacial score (nSPS) is 15.7. The van der Waals surface area contributed by atoms with Gasteiger partial charge in [-0.05, 0) is 43.5 Å². The molecule has 0 saturated carbocycles. The molecule has 3 N–H and O–H groups in total. The van der Waals surface area contributed by atoms with Crippen molar-refractivity contribution in [2.75, 3.05) is 16.4 Å². The summed E-state index contributed by atoms with van der Waals surface area (Å²) in [5, 5.41) is 5.91. The van der Waals surface area contributed by atoms with Gasteiger partial charge in [0.25, 0.3) is 5.56 Å². The maximum Gasteiger partial charge on any atom is 0.257 e. The van der Waals surface area contributed by atoms with Crippen LogP contribution < -0.4 is 16.2 Å². The molecule has 0 aliphatic carbocycles. The Morgan fingerprint density at radius 2 is 2.07 bits per heavy atom. The summed E-state index contributed by atoms with van der Waals surface area (Å²) in [7, 11) is 0. The summed E-state index contributed by atoms with van der Waals surface area (Å²) < 4.78 is 0. The molecule has 28 heavy (non-hydrogen) atoms. The van der Waals surface area contributed by atoms with Crippen LogP contribution in [0.3, 0.4) is 0 Å².